The van der Waals surface area contributed by atoms with Crippen molar-refractivity contribution in [3.63, 3.8) is 0 Å². The van der Waals surface area contributed by atoms with Crippen LogP contribution in [0, 0.1) is 0 Å². The predicted octanol–water partition coefficient (Wildman–Crippen LogP) is 2.34. The van der Waals surface area contributed by atoms with E-state index in [9.17, 15) is 26.4 Å². The topological polar surface area (TPSA) is 93.1 Å². The van der Waals surface area contributed by atoms with Gasteiger partial charge in [-0.2, -0.15) is 13.2 Å². The van der Waals surface area contributed by atoms with Gasteiger partial charge in [0.25, 0.3) is 5.91 Å². The molecule has 3 rings (SSSR count). The van der Waals surface area contributed by atoms with Crippen LogP contribution in [0.1, 0.15) is 16.2 Å². The average molecular weight is 426 g/mol. The molecule has 0 saturated heterocycles. The van der Waals surface area contributed by atoms with Crippen LogP contribution in [0.25, 0.3) is 11.0 Å². The molecule has 3 aromatic rings. The van der Waals surface area contributed by atoms with Gasteiger partial charge >= 0.3 is 6.18 Å². The Morgan fingerprint density at radius 2 is 1.86 bits per heavy atom. The van der Waals surface area contributed by atoms with Crippen molar-refractivity contribution in [3.8, 4) is 0 Å². The van der Waals surface area contributed by atoms with Gasteiger partial charge < -0.3 is 9.88 Å². The van der Waals surface area contributed by atoms with E-state index in [1.807, 2.05) is 28.8 Å². The number of sulfonamides is 1. The Morgan fingerprint density at radius 1 is 1.14 bits per heavy atom. The molecule has 154 valence electrons. The molecule has 0 aliphatic heterocycles. The monoisotopic (exact) mass is 426 g/mol. The van der Waals surface area contributed by atoms with E-state index in [0.29, 0.717) is 5.82 Å². The summed E-state index contributed by atoms with van der Waals surface area (Å²) in [5.74, 6) is 0.0140. The molecule has 7 nitrogen and oxygen atoms in total. The fraction of sp³-hybridized carbons (Fsp3) is 0.222. The molecule has 0 unspecified atom stereocenters. The number of hydrogen-bond acceptors (Lipinski definition) is 4. The lowest BCUT2D eigenvalue weighted by molar-refractivity contribution is -0.121. The van der Waals surface area contributed by atoms with Crippen LogP contribution in [-0.2, 0) is 23.6 Å². The lowest BCUT2D eigenvalue weighted by Crippen LogP contribution is -2.34. The van der Waals surface area contributed by atoms with Crippen molar-refractivity contribution in [2.75, 3.05) is 6.54 Å². The van der Waals surface area contributed by atoms with Gasteiger partial charge in [-0.05, 0) is 30.3 Å². The maximum atomic E-state index is 12.4. The summed E-state index contributed by atoms with van der Waals surface area (Å²) in [4.78, 5) is 16.4. The van der Waals surface area contributed by atoms with E-state index >= 15 is 0 Å². The Labute approximate surface area is 164 Å². The lowest BCUT2D eigenvalue weighted by Gasteiger charge is -2.10. The SMILES string of the molecule is Cn1c(CNC(=O)c2cccc(S(=O)(=O)NCC(F)(F)F)c2)nc2ccccc21. The fourth-order valence-corrected chi connectivity index (χ4v) is 3.74. The number of hydrogen-bond donors (Lipinski definition) is 2. The lowest BCUT2D eigenvalue weighted by atomic mass is 10.2. The molecule has 2 N–H and O–H groups in total. The molecule has 0 spiro atoms. The van der Waals surface area contributed by atoms with Crippen molar-refractivity contribution >= 4 is 27.0 Å². The van der Waals surface area contributed by atoms with Gasteiger partial charge in [-0.15, -0.1) is 0 Å². The summed E-state index contributed by atoms with van der Waals surface area (Å²) in [6.07, 6.45) is -4.69. The van der Waals surface area contributed by atoms with E-state index in [1.165, 1.54) is 16.9 Å². The van der Waals surface area contributed by atoms with E-state index in [2.05, 4.69) is 10.3 Å². The first-order chi connectivity index (χ1) is 13.6. The maximum Gasteiger partial charge on any atom is 0.402 e. The van der Waals surface area contributed by atoms with Crippen molar-refractivity contribution in [1.29, 1.82) is 0 Å². The van der Waals surface area contributed by atoms with Crippen LogP contribution in [0.2, 0.25) is 0 Å². The van der Waals surface area contributed by atoms with Gasteiger partial charge in [0.2, 0.25) is 10.0 Å². The normalized spacial score (nSPS) is 12.3. The number of rotatable bonds is 6. The van der Waals surface area contributed by atoms with Crippen molar-refractivity contribution in [3.05, 3.63) is 59.9 Å². The van der Waals surface area contributed by atoms with Crippen LogP contribution in [-0.4, -0.2) is 36.6 Å². The van der Waals surface area contributed by atoms with E-state index in [0.717, 1.165) is 23.2 Å². The zero-order valence-corrected chi connectivity index (χ0v) is 16.0. The van der Waals surface area contributed by atoms with Crippen LogP contribution in [0.3, 0.4) is 0 Å². The molecule has 0 atom stereocenters. The Bertz CT molecular complexity index is 1160. The van der Waals surface area contributed by atoms with Gasteiger partial charge in [-0.25, -0.2) is 18.1 Å². The first kappa shape index (κ1) is 20.8. The summed E-state index contributed by atoms with van der Waals surface area (Å²) in [5, 5.41) is 2.63. The number of alkyl halides is 3. The van der Waals surface area contributed by atoms with Gasteiger partial charge in [0.05, 0.1) is 22.5 Å². The number of carbonyl (C=O) groups is 1. The molecule has 0 aliphatic carbocycles. The molecule has 0 bridgehead atoms. The fourth-order valence-electron chi connectivity index (χ4n) is 2.68. The molecule has 2 aromatic carbocycles. The number of aromatic nitrogens is 2. The second kappa shape index (κ2) is 7.84. The highest BCUT2D eigenvalue weighted by Gasteiger charge is 2.30. The summed E-state index contributed by atoms with van der Waals surface area (Å²) < 4.78 is 64.2. The number of amides is 1. The Morgan fingerprint density at radius 3 is 2.55 bits per heavy atom. The van der Waals surface area contributed by atoms with Gasteiger partial charge in [-0.1, -0.05) is 18.2 Å². The molecule has 1 amide bonds. The van der Waals surface area contributed by atoms with Crippen LogP contribution in [0.15, 0.2) is 53.4 Å². The number of aryl methyl sites for hydroxylation is 1. The highest BCUT2D eigenvalue weighted by molar-refractivity contribution is 7.89. The Balaban J connectivity index is 1.73. The second-order valence-corrected chi connectivity index (χ2v) is 7.99. The van der Waals surface area contributed by atoms with E-state index < -0.39 is 33.5 Å². The van der Waals surface area contributed by atoms with Gasteiger partial charge in [0.1, 0.15) is 12.4 Å². The van der Waals surface area contributed by atoms with Crippen molar-refractivity contribution in [1.82, 2.24) is 19.6 Å². The minimum atomic E-state index is -4.69. The van der Waals surface area contributed by atoms with Crippen molar-refractivity contribution < 1.29 is 26.4 Å². The van der Waals surface area contributed by atoms with E-state index in [1.54, 1.807) is 7.05 Å². The average Bonchev–Trinajstić information content (AvgIpc) is 3.00. The molecule has 0 radical (unpaired) electrons. The van der Waals surface area contributed by atoms with Crippen molar-refractivity contribution in [2.24, 2.45) is 7.05 Å². The molecule has 0 saturated carbocycles. The zero-order chi connectivity index (χ0) is 21.2. The summed E-state index contributed by atoms with van der Waals surface area (Å²) in [7, 11) is -2.61. The predicted molar refractivity (Wildman–Crippen MR) is 99.6 cm³/mol. The van der Waals surface area contributed by atoms with Crippen LogP contribution < -0.4 is 10.0 Å². The third-order valence-corrected chi connectivity index (χ3v) is 5.55. The molecule has 29 heavy (non-hydrogen) atoms. The first-order valence-electron chi connectivity index (χ1n) is 8.42. The van der Waals surface area contributed by atoms with Crippen molar-refractivity contribution in [2.45, 2.75) is 17.6 Å². The number of fused-ring (bicyclic) bond motifs is 1. The third-order valence-electron chi connectivity index (χ3n) is 4.16. The largest absolute Gasteiger partial charge is 0.402 e. The molecular formula is C18H17F3N4O3S. The number of imidazole rings is 1. The summed E-state index contributed by atoms with van der Waals surface area (Å²) in [6.45, 7) is -1.61. The second-order valence-electron chi connectivity index (χ2n) is 6.23. The standard InChI is InChI=1S/C18H17F3N4O3S/c1-25-15-8-3-2-7-14(15)24-16(25)10-22-17(26)12-5-4-6-13(9-12)29(27,28)23-11-18(19,20)21/h2-9,23H,10-11H2,1H3,(H,22,26). The highest BCUT2D eigenvalue weighted by Crippen LogP contribution is 2.17. The zero-order valence-electron chi connectivity index (χ0n) is 15.2. The minimum absolute atomic E-state index is 0.00125. The summed E-state index contributed by atoms with van der Waals surface area (Å²) >= 11 is 0. The molecule has 11 heteroatoms. The Hall–Kier alpha value is -2.92. The molecule has 1 aromatic heterocycles. The molecule has 0 aliphatic rings. The smallest absolute Gasteiger partial charge is 0.345 e. The van der Waals surface area contributed by atoms with E-state index in [4.69, 9.17) is 0 Å². The number of nitrogens with zero attached hydrogens (tertiary/aromatic N) is 2. The minimum Gasteiger partial charge on any atom is -0.345 e. The number of halogens is 3. The van der Waals surface area contributed by atoms with Gasteiger partial charge in [-0.3, -0.25) is 4.79 Å². The number of benzene rings is 2. The number of para-hydroxylation sites is 2. The highest BCUT2D eigenvalue weighted by atomic mass is 32.2. The quantitative estimate of drug-likeness (QED) is 0.633. The summed E-state index contributed by atoms with van der Waals surface area (Å²) in [5.41, 5.74) is 1.65. The molecular weight excluding hydrogens is 409 g/mol. The van der Waals surface area contributed by atoms with Crippen LogP contribution >= 0.6 is 0 Å². The molecule has 1 heterocycles. The number of nitrogens with one attached hydrogen (secondary N) is 2. The Kier molecular flexibility index (Phi) is 5.62. The third kappa shape index (κ3) is 4.93. The van der Waals surface area contributed by atoms with Crippen LogP contribution in [0.4, 0.5) is 13.2 Å². The van der Waals surface area contributed by atoms with Gasteiger partial charge in [0.15, 0.2) is 0 Å². The van der Waals surface area contributed by atoms with Crippen LogP contribution in [0.5, 0.6) is 0 Å². The van der Waals surface area contributed by atoms with Gasteiger partial charge in [0, 0.05) is 12.6 Å². The number of carbonyl (C=O) groups excluding carboxylic acids is 1. The molecule has 0 fully saturated rings. The van der Waals surface area contributed by atoms with E-state index in [-0.39, 0.29) is 12.1 Å². The maximum absolute atomic E-state index is 12.4. The first-order valence-corrected chi connectivity index (χ1v) is 9.90. The summed E-state index contributed by atoms with van der Waals surface area (Å²) in [6, 6.07) is 12.2.